The number of aliphatic hydroxyl groups is 1. The van der Waals surface area contributed by atoms with E-state index in [1.807, 2.05) is 25.0 Å². The highest BCUT2D eigenvalue weighted by Crippen LogP contribution is 2.56. The summed E-state index contributed by atoms with van der Waals surface area (Å²) >= 11 is 12.7. The van der Waals surface area contributed by atoms with Gasteiger partial charge in [0, 0.05) is 41.1 Å². The zero-order valence-electron chi connectivity index (χ0n) is 22.8. The fourth-order valence-electron chi connectivity index (χ4n) is 8.08. The number of hydrogen-bond acceptors (Lipinski definition) is 5. The molecule has 1 spiro atoms. The number of carbonyl (C=O) groups excluding carboxylic acids is 2. The largest absolute Gasteiger partial charge is 0.393 e. The molecule has 5 nitrogen and oxygen atoms in total. The van der Waals surface area contributed by atoms with Gasteiger partial charge in [-0.05, 0) is 73.3 Å². The van der Waals surface area contributed by atoms with Gasteiger partial charge in [0.15, 0.2) is 5.78 Å². The predicted octanol–water partition coefficient (Wildman–Crippen LogP) is 6.83. The van der Waals surface area contributed by atoms with Gasteiger partial charge in [0.1, 0.15) is 12.6 Å². The highest BCUT2D eigenvalue weighted by atomic mass is 35.5. The van der Waals surface area contributed by atoms with Crippen molar-refractivity contribution in [2.24, 2.45) is 11.8 Å². The van der Waals surface area contributed by atoms with Crippen molar-refractivity contribution in [3.05, 3.63) is 63.4 Å². The molecule has 216 valence electrons. The van der Waals surface area contributed by atoms with Crippen molar-refractivity contribution in [1.82, 2.24) is 5.32 Å². The first-order valence-corrected chi connectivity index (χ1v) is 15.4. The molecule has 3 N–H and O–H groups in total. The Morgan fingerprint density at radius 1 is 1.02 bits per heavy atom. The number of carbonyl (C=O) groups is 2. The lowest BCUT2D eigenvalue weighted by Crippen LogP contribution is -2.45. The van der Waals surface area contributed by atoms with Crippen molar-refractivity contribution in [3.63, 3.8) is 0 Å². The van der Waals surface area contributed by atoms with E-state index in [-0.39, 0.29) is 28.9 Å². The molecule has 4 aliphatic rings. The van der Waals surface area contributed by atoms with Crippen LogP contribution in [0.25, 0.3) is 0 Å². The third-order valence-corrected chi connectivity index (χ3v) is 10.5. The normalized spacial score (nSPS) is 31.4. The van der Waals surface area contributed by atoms with Crippen molar-refractivity contribution in [2.75, 3.05) is 11.9 Å². The number of benzene rings is 2. The van der Waals surface area contributed by atoms with E-state index in [2.05, 4.69) is 16.7 Å². The Labute approximate surface area is 246 Å². The summed E-state index contributed by atoms with van der Waals surface area (Å²) in [6.45, 7) is 2.61. The number of ketones is 1. The zero-order valence-corrected chi connectivity index (χ0v) is 24.3. The van der Waals surface area contributed by atoms with Gasteiger partial charge in [-0.1, -0.05) is 67.1 Å². The summed E-state index contributed by atoms with van der Waals surface area (Å²) in [5.41, 5.74) is 2.09. The van der Waals surface area contributed by atoms with Gasteiger partial charge < -0.3 is 20.5 Å². The van der Waals surface area contributed by atoms with Crippen LogP contribution in [0, 0.1) is 17.7 Å². The molecule has 0 amide bonds. The molecule has 2 aromatic carbocycles. The van der Waals surface area contributed by atoms with Crippen molar-refractivity contribution >= 4 is 41.5 Å². The number of nitrogens with one attached hydrogen (secondary N) is 2. The van der Waals surface area contributed by atoms with Crippen LogP contribution in [0.5, 0.6) is 0 Å². The Kier molecular flexibility index (Phi) is 9.20. The van der Waals surface area contributed by atoms with Crippen molar-refractivity contribution in [3.8, 4) is 0 Å². The van der Waals surface area contributed by atoms with Crippen LogP contribution in [-0.2, 0) is 15.0 Å². The second-order valence-electron chi connectivity index (χ2n) is 12.1. The van der Waals surface area contributed by atoms with E-state index in [0.717, 1.165) is 43.4 Å². The Hall–Kier alpha value is -1.99. The molecule has 2 aromatic rings. The monoisotopic (exact) mass is 588 g/mol. The standard InChI is InChI=1S/C31H37Cl2FN2O2.CH2O/c32-20-10-13-23-25(16-20)35-17-31(23)27(15-18-4-1-2-5-18)36-30(26(38)14-19-8-11-21(37)12-9-19)28(31)22-6-3-7-24(33)29(22)34;1-2/h3,6-7,10,13,16,18-19,21,27-28,30,35-37H,1-2,4-5,8-9,11-12,14-15,17H2;1H2/t19?,21?,27-,28+,30+,31-;/m1./s1. The van der Waals surface area contributed by atoms with Gasteiger partial charge in [-0.3, -0.25) is 4.79 Å². The maximum Gasteiger partial charge on any atom is 0.150 e. The second kappa shape index (κ2) is 12.5. The third kappa shape index (κ3) is 5.45. The minimum Gasteiger partial charge on any atom is -0.393 e. The maximum atomic E-state index is 15.9. The van der Waals surface area contributed by atoms with Crippen LogP contribution in [-0.4, -0.2) is 42.4 Å². The number of rotatable bonds is 6. The number of halogens is 3. The first-order chi connectivity index (χ1) is 19.4. The van der Waals surface area contributed by atoms with Gasteiger partial charge in [0.25, 0.3) is 0 Å². The van der Waals surface area contributed by atoms with Gasteiger partial charge in [-0.25, -0.2) is 4.39 Å². The van der Waals surface area contributed by atoms with Crippen LogP contribution in [0.3, 0.4) is 0 Å². The highest BCUT2D eigenvalue weighted by molar-refractivity contribution is 6.31. The summed E-state index contributed by atoms with van der Waals surface area (Å²) in [4.78, 5) is 22.1. The van der Waals surface area contributed by atoms with E-state index in [0.29, 0.717) is 29.5 Å². The second-order valence-corrected chi connectivity index (χ2v) is 13.0. The first kappa shape index (κ1) is 29.5. The third-order valence-electron chi connectivity index (χ3n) is 9.96. The number of aliphatic hydroxyl groups excluding tert-OH is 1. The van der Waals surface area contributed by atoms with Crippen LogP contribution in [0.2, 0.25) is 10.0 Å². The van der Waals surface area contributed by atoms with Crippen LogP contribution in [0.15, 0.2) is 36.4 Å². The van der Waals surface area contributed by atoms with Crippen LogP contribution >= 0.6 is 23.2 Å². The molecule has 2 aliphatic heterocycles. The molecule has 0 unspecified atom stereocenters. The molecule has 2 aliphatic carbocycles. The summed E-state index contributed by atoms with van der Waals surface area (Å²) in [5, 5.41) is 18.1. The molecule has 0 radical (unpaired) electrons. The lowest BCUT2D eigenvalue weighted by Gasteiger charge is -2.38. The summed E-state index contributed by atoms with van der Waals surface area (Å²) in [5.74, 6) is 0.174. The van der Waals surface area contributed by atoms with Crippen LogP contribution in [0.4, 0.5) is 10.1 Å². The minimum atomic E-state index is -0.510. The fraction of sp³-hybridized carbons (Fsp3) is 0.562. The molecule has 4 atom stereocenters. The number of anilines is 1. The van der Waals surface area contributed by atoms with E-state index in [1.165, 1.54) is 25.7 Å². The summed E-state index contributed by atoms with van der Waals surface area (Å²) in [6, 6.07) is 10.6. The number of hydrogen-bond donors (Lipinski definition) is 3. The van der Waals surface area contributed by atoms with Gasteiger partial charge in [-0.2, -0.15) is 0 Å². The van der Waals surface area contributed by atoms with Gasteiger partial charge in [0.2, 0.25) is 0 Å². The van der Waals surface area contributed by atoms with E-state index in [1.54, 1.807) is 12.1 Å². The number of Topliss-reactive ketones (excluding diaryl/α,β-unsaturated/α-hetero) is 1. The molecule has 40 heavy (non-hydrogen) atoms. The molecule has 2 saturated carbocycles. The Morgan fingerprint density at radius 2 is 1.75 bits per heavy atom. The van der Waals surface area contributed by atoms with Gasteiger partial charge >= 0.3 is 0 Å². The molecule has 6 rings (SSSR count). The maximum absolute atomic E-state index is 15.9. The van der Waals surface area contributed by atoms with E-state index in [9.17, 15) is 9.90 Å². The van der Waals surface area contributed by atoms with Gasteiger partial charge in [0.05, 0.1) is 17.2 Å². The van der Waals surface area contributed by atoms with E-state index < -0.39 is 23.2 Å². The topological polar surface area (TPSA) is 78.4 Å². The van der Waals surface area contributed by atoms with E-state index >= 15 is 4.39 Å². The summed E-state index contributed by atoms with van der Waals surface area (Å²) < 4.78 is 15.9. The molecule has 2 heterocycles. The summed E-state index contributed by atoms with van der Waals surface area (Å²) in [7, 11) is 0. The zero-order chi connectivity index (χ0) is 28.4. The smallest absolute Gasteiger partial charge is 0.150 e. The fourth-order valence-corrected chi connectivity index (χ4v) is 8.44. The molecule has 0 bridgehead atoms. The Balaban J connectivity index is 0.00000158. The Bertz CT molecular complexity index is 1210. The van der Waals surface area contributed by atoms with Crippen LogP contribution in [0.1, 0.15) is 81.3 Å². The Morgan fingerprint density at radius 3 is 2.48 bits per heavy atom. The minimum absolute atomic E-state index is 0.0195. The van der Waals surface area contributed by atoms with Crippen molar-refractivity contribution in [2.45, 2.75) is 93.7 Å². The molecule has 8 heteroatoms. The highest BCUT2D eigenvalue weighted by Gasteiger charge is 2.61. The van der Waals surface area contributed by atoms with Crippen LogP contribution < -0.4 is 10.6 Å². The van der Waals surface area contributed by atoms with Crippen molar-refractivity contribution in [1.29, 1.82) is 0 Å². The lowest BCUT2D eigenvalue weighted by atomic mass is 9.63. The summed E-state index contributed by atoms with van der Waals surface area (Å²) in [6.07, 6.45) is 9.26. The quantitative estimate of drug-likeness (QED) is 0.345. The first-order valence-electron chi connectivity index (χ1n) is 14.6. The van der Waals surface area contributed by atoms with Crippen molar-refractivity contribution < 1.29 is 19.1 Å². The number of fused-ring (bicyclic) bond motifs is 2. The molecule has 1 saturated heterocycles. The molecular formula is C32H39Cl2FN2O3. The van der Waals surface area contributed by atoms with Gasteiger partial charge in [-0.15, -0.1) is 0 Å². The molecule has 3 fully saturated rings. The van der Waals surface area contributed by atoms with E-state index in [4.69, 9.17) is 28.0 Å². The SMILES string of the molecule is C=O.O=C(CC1CCC(O)CC1)[C@@H]1N[C@H](CC2CCCC2)[C@]2(CNc3cc(Cl)ccc32)[C@H]1c1cccc(Cl)c1F. The average Bonchev–Trinajstić information content (AvgIpc) is 3.68. The molecule has 0 aromatic heterocycles. The average molecular weight is 590 g/mol. The predicted molar refractivity (Wildman–Crippen MR) is 158 cm³/mol. The molecular weight excluding hydrogens is 550 g/mol. The lowest BCUT2D eigenvalue weighted by molar-refractivity contribution is -0.122.